The van der Waals surface area contributed by atoms with Gasteiger partial charge in [-0.1, -0.05) is 11.6 Å². The number of hydrogen-bond donors (Lipinski definition) is 1. The van der Waals surface area contributed by atoms with E-state index in [0.29, 0.717) is 29.7 Å². The van der Waals surface area contributed by atoms with Crippen LogP contribution in [0.15, 0.2) is 18.5 Å². The van der Waals surface area contributed by atoms with Crippen LogP contribution in [0.4, 0.5) is 18.0 Å². The van der Waals surface area contributed by atoms with Gasteiger partial charge in [-0.2, -0.15) is 13.2 Å². The minimum absolute atomic E-state index is 0.0190. The Labute approximate surface area is 198 Å². The molecule has 2 aromatic rings. The highest BCUT2D eigenvalue weighted by molar-refractivity contribution is 7.15. The first kappa shape index (κ1) is 25.2. The van der Waals surface area contributed by atoms with Crippen molar-refractivity contribution in [1.29, 1.82) is 0 Å². The van der Waals surface area contributed by atoms with Crippen molar-refractivity contribution in [2.24, 2.45) is 0 Å². The SMILES string of the molecule is CC1CCC(C(=O)NCc2cc(-c3cnc(C(F)(F)F)s3)ncc2Cl)N1C(=O)OC(C)(C)C. The molecule has 180 valence electrons. The average Bonchev–Trinajstić information content (AvgIpc) is 3.32. The van der Waals surface area contributed by atoms with Gasteiger partial charge in [0.05, 0.1) is 15.6 Å². The minimum atomic E-state index is -4.54. The van der Waals surface area contributed by atoms with Crippen LogP contribution >= 0.6 is 22.9 Å². The fourth-order valence-electron chi connectivity index (χ4n) is 3.44. The van der Waals surface area contributed by atoms with Crippen LogP contribution in [0.5, 0.6) is 0 Å². The molecule has 0 bridgehead atoms. The van der Waals surface area contributed by atoms with Crippen LogP contribution < -0.4 is 5.32 Å². The van der Waals surface area contributed by atoms with Crippen molar-refractivity contribution in [1.82, 2.24) is 20.2 Å². The summed E-state index contributed by atoms with van der Waals surface area (Å²) in [4.78, 5) is 34.6. The van der Waals surface area contributed by atoms with Crippen LogP contribution in [0.3, 0.4) is 0 Å². The average molecular weight is 505 g/mol. The van der Waals surface area contributed by atoms with Crippen molar-refractivity contribution >= 4 is 34.9 Å². The van der Waals surface area contributed by atoms with E-state index in [1.165, 1.54) is 17.2 Å². The number of aromatic nitrogens is 2. The van der Waals surface area contributed by atoms with Crippen LogP contribution in [0.1, 0.15) is 51.1 Å². The van der Waals surface area contributed by atoms with Gasteiger partial charge in [-0.25, -0.2) is 9.78 Å². The van der Waals surface area contributed by atoms with E-state index in [1.54, 1.807) is 20.8 Å². The lowest BCUT2D eigenvalue weighted by Gasteiger charge is -2.30. The summed E-state index contributed by atoms with van der Waals surface area (Å²) in [5.41, 5.74) is 0.0534. The zero-order valence-electron chi connectivity index (χ0n) is 18.5. The van der Waals surface area contributed by atoms with Gasteiger partial charge in [0.15, 0.2) is 5.01 Å². The van der Waals surface area contributed by atoms with Crippen molar-refractivity contribution in [2.45, 2.75) is 70.9 Å². The standard InChI is InChI=1S/C21H24ClF3N4O3S/c1-11-5-6-15(29(11)19(31)32-20(2,3)4)17(30)27-8-12-7-14(26-9-13(12)22)16-10-28-18(33-16)21(23,24)25/h7,9-11,15H,5-6,8H2,1-4H3,(H,27,30). The topological polar surface area (TPSA) is 84.4 Å². The summed E-state index contributed by atoms with van der Waals surface area (Å²) in [6.45, 7) is 7.14. The van der Waals surface area contributed by atoms with Crippen LogP contribution in [0, 0.1) is 0 Å². The van der Waals surface area contributed by atoms with Gasteiger partial charge in [0.1, 0.15) is 11.6 Å². The zero-order valence-corrected chi connectivity index (χ0v) is 20.1. The Hall–Kier alpha value is -2.40. The second-order valence-corrected chi connectivity index (χ2v) is 10.2. The summed E-state index contributed by atoms with van der Waals surface area (Å²) in [7, 11) is 0. The molecule has 1 saturated heterocycles. The van der Waals surface area contributed by atoms with Gasteiger partial charge in [0.2, 0.25) is 5.91 Å². The number of thiazole rings is 1. The highest BCUT2D eigenvalue weighted by Crippen LogP contribution is 2.36. The molecule has 7 nitrogen and oxygen atoms in total. The van der Waals surface area contributed by atoms with Gasteiger partial charge >= 0.3 is 12.3 Å². The third-order valence-electron chi connectivity index (χ3n) is 4.96. The largest absolute Gasteiger partial charge is 0.444 e. The first-order valence-corrected chi connectivity index (χ1v) is 11.4. The fourth-order valence-corrected chi connectivity index (χ4v) is 4.36. The van der Waals surface area contributed by atoms with E-state index in [4.69, 9.17) is 16.3 Å². The van der Waals surface area contributed by atoms with E-state index in [0.717, 1.165) is 6.20 Å². The fraction of sp³-hybridized carbons (Fsp3) is 0.524. The van der Waals surface area contributed by atoms with Crippen LogP contribution in [0.25, 0.3) is 10.6 Å². The highest BCUT2D eigenvalue weighted by Gasteiger charge is 2.41. The van der Waals surface area contributed by atoms with Crippen molar-refractivity contribution in [2.75, 3.05) is 0 Å². The Morgan fingerprint density at radius 1 is 1.24 bits per heavy atom. The molecule has 0 saturated carbocycles. The summed E-state index contributed by atoms with van der Waals surface area (Å²) >= 11 is 6.66. The predicted molar refractivity (Wildman–Crippen MR) is 118 cm³/mol. The third-order valence-corrected chi connectivity index (χ3v) is 6.37. The summed E-state index contributed by atoms with van der Waals surface area (Å²) in [5, 5.41) is 2.05. The molecule has 3 rings (SSSR count). The van der Waals surface area contributed by atoms with Crippen LogP contribution in [-0.4, -0.2) is 44.6 Å². The van der Waals surface area contributed by atoms with Gasteiger partial charge < -0.3 is 10.1 Å². The number of carbonyl (C=O) groups is 2. The lowest BCUT2D eigenvalue weighted by molar-refractivity contribution is -0.137. The van der Waals surface area contributed by atoms with Gasteiger partial charge in [-0.15, -0.1) is 11.3 Å². The van der Waals surface area contributed by atoms with Crippen molar-refractivity contribution in [3.05, 3.63) is 34.1 Å². The number of rotatable bonds is 4. The molecule has 2 unspecified atom stereocenters. The van der Waals surface area contributed by atoms with Crippen LogP contribution in [-0.2, 0) is 22.3 Å². The number of alkyl halides is 3. The Kier molecular flexibility index (Phi) is 7.23. The lowest BCUT2D eigenvalue weighted by Crippen LogP contribution is -2.49. The molecule has 1 fully saturated rings. The van der Waals surface area contributed by atoms with Crippen molar-refractivity contribution in [3.8, 4) is 10.6 Å². The van der Waals surface area contributed by atoms with E-state index in [2.05, 4.69) is 15.3 Å². The maximum absolute atomic E-state index is 12.9. The second kappa shape index (κ2) is 9.46. The first-order valence-electron chi connectivity index (χ1n) is 10.2. The highest BCUT2D eigenvalue weighted by atomic mass is 35.5. The summed E-state index contributed by atoms with van der Waals surface area (Å²) in [6, 6.07) is 0.672. The molecule has 0 spiro atoms. The number of nitrogens with zero attached hydrogens (tertiary/aromatic N) is 3. The van der Waals surface area contributed by atoms with E-state index < -0.39 is 28.9 Å². The molecule has 0 radical (unpaired) electrons. The molecule has 2 atom stereocenters. The Bertz CT molecular complexity index is 1040. The van der Waals surface area contributed by atoms with Gasteiger partial charge in [0, 0.05) is 25.0 Å². The van der Waals surface area contributed by atoms with Gasteiger partial charge in [-0.05, 0) is 52.2 Å². The number of likely N-dealkylation sites (tertiary alicyclic amines) is 1. The number of carbonyl (C=O) groups excluding carboxylic acids is 2. The molecule has 1 aliphatic rings. The summed E-state index contributed by atoms with van der Waals surface area (Å²) in [6.07, 6.45) is -1.53. The molecule has 3 heterocycles. The van der Waals surface area contributed by atoms with Gasteiger partial charge in [0.25, 0.3) is 0 Å². The molecular weight excluding hydrogens is 481 g/mol. The predicted octanol–water partition coefficient (Wildman–Crippen LogP) is 5.28. The maximum atomic E-state index is 12.9. The molecule has 33 heavy (non-hydrogen) atoms. The number of halogens is 4. The Morgan fingerprint density at radius 3 is 2.55 bits per heavy atom. The third kappa shape index (κ3) is 6.14. The van der Waals surface area contributed by atoms with E-state index in [9.17, 15) is 22.8 Å². The summed E-state index contributed by atoms with van der Waals surface area (Å²) < 4.78 is 44.0. The molecule has 1 N–H and O–H groups in total. The second-order valence-electron chi connectivity index (χ2n) is 8.74. The quantitative estimate of drug-likeness (QED) is 0.612. The number of ether oxygens (including phenoxy) is 1. The maximum Gasteiger partial charge on any atom is 0.443 e. The normalized spacial score (nSPS) is 19.0. The molecule has 0 aromatic carbocycles. The molecule has 2 amide bonds. The Balaban J connectivity index is 1.71. The minimum Gasteiger partial charge on any atom is -0.444 e. The van der Waals surface area contributed by atoms with E-state index >= 15 is 0 Å². The smallest absolute Gasteiger partial charge is 0.443 e. The molecule has 1 aliphatic heterocycles. The molecule has 0 aliphatic carbocycles. The number of nitrogens with one attached hydrogen (secondary N) is 1. The molecule has 12 heteroatoms. The van der Waals surface area contributed by atoms with Gasteiger partial charge in [-0.3, -0.25) is 14.7 Å². The van der Waals surface area contributed by atoms with Crippen LogP contribution in [0.2, 0.25) is 5.02 Å². The van der Waals surface area contributed by atoms with Crippen molar-refractivity contribution < 1.29 is 27.5 Å². The molecule has 2 aromatic heterocycles. The molecular formula is C21H24ClF3N4O3S. The summed E-state index contributed by atoms with van der Waals surface area (Å²) in [5.74, 6) is -0.364. The van der Waals surface area contributed by atoms with E-state index in [-0.39, 0.29) is 34.1 Å². The Morgan fingerprint density at radius 2 is 1.94 bits per heavy atom. The number of amides is 2. The monoisotopic (exact) mass is 504 g/mol. The number of hydrogen-bond acceptors (Lipinski definition) is 6. The zero-order chi connectivity index (χ0) is 24.6. The first-order chi connectivity index (χ1) is 15.3. The van der Waals surface area contributed by atoms with Crippen molar-refractivity contribution in [3.63, 3.8) is 0 Å². The lowest BCUT2D eigenvalue weighted by atomic mass is 10.1. The van der Waals surface area contributed by atoms with E-state index in [1.807, 2.05) is 6.92 Å². The number of pyridine rings is 1.